The SMILES string of the molecule is CC(C)c1ccc(C(CNC(=O)C2CCN(C)S2(=O)=O)NC(=O)CCl)cc1. The first kappa shape index (κ1) is 21.7. The van der Waals surface area contributed by atoms with Crippen LogP contribution in [0.1, 0.15) is 43.4 Å². The molecule has 0 saturated carbocycles. The van der Waals surface area contributed by atoms with E-state index in [-0.39, 0.29) is 24.8 Å². The summed E-state index contributed by atoms with van der Waals surface area (Å²) >= 11 is 5.59. The van der Waals surface area contributed by atoms with Gasteiger partial charge in [-0.05, 0) is 23.5 Å². The lowest BCUT2D eigenvalue weighted by Gasteiger charge is -2.21. The molecule has 7 nitrogen and oxygen atoms in total. The molecule has 2 atom stereocenters. The normalized spacial score (nSPS) is 20.4. The lowest BCUT2D eigenvalue weighted by Crippen LogP contribution is -2.44. The molecule has 0 bridgehead atoms. The molecular weight excluding hydrogens is 390 g/mol. The molecule has 2 rings (SSSR count). The van der Waals surface area contributed by atoms with Crippen molar-refractivity contribution in [2.45, 2.75) is 37.5 Å². The first-order valence-corrected chi connectivity index (χ1v) is 10.9. The highest BCUT2D eigenvalue weighted by Crippen LogP contribution is 2.21. The summed E-state index contributed by atoms with van der Waals surface area (Å²) in [5, 5.41) is 4.34. The predicted octanol–water partition coefficient (Wildman–Crippen LogP) is 1.36. The number of nitrogens with one attached hydrogen (secondary N) is 2. The van der Waals surface area contributed by atoms with Crippen molar-refractivity contribution >= 4 is 33.4 Å². The van der Waals surface area contributed by atoms with E-state index in [1.165, 1.54) is 11.4 Å². The summed E-state index contributed by atoms with van der Waals surface area (Å²) in [6, 6.07) is 7.22. The van der Waals surface area contributed by atoms with Gasteiger partial charge in [-0.2, -0.15) is 0 Å². The monoisotopic (exact) mass is 415 g/mol. The molecule has 27 heavy (non-hydrogen) atoms. The van der Waals surface area contributed by atoms with E-state index >= 15 is 0 Å². The van der Waals surface area contributed by atoms with Gasteiger partial charge >= 0.3 is 0 Å². The molecule has 1 fully saturated rings. The fraction of sp³-hybridized carbons (Fsp3) is 0.556. The standard InChI is InChI=1S/C18H26ClN3O4S/c1-12(2)13-4-6-14(7-5-13)15(21-17(23)10-19)11-20-18(24)16-8-9-22(3)27(16,25)26/h4-7,12,15-16H,8-11H2,1-3H3,(H,20,24)(H,21,23). The van der Waals surface area contributed by atoms with Crippen molar-refractivity contribution in [1.82, 2.24) is 14.9 Å². The fourth-order valence-electron chi connectivity index (χ4n) is 2.97. The highest BCUT2D eigenvalue weighted by atomic mass is 35.5. The number of hydrogen-bond acceptors (Lipinski definition) is 4. The second-order valence-electron chi connectivity index (χ2n) is 6.96. The van der Waals surface area contributed by atoms with Gasteiger partial charge in [0, 0.05) is 20.1 Å². The Balaban J connectivity index is 2.10. The zero-order chi connectivity index (χ0) is 20.2. The van der Waals surface area contributed by atoms with E-state index < -0.39 is 27.2 Å². The Kier molecular flexibility index (Phi) is 7.25. The van der Waals surface area contributed by atoms with E-state index in [1.54, 1.807) is 0 Å². The molecule has 0 spiro atoms. The predicted molar refractivity (Wildman–Crippen MR) is 105 cm³/mol. The summed E-state index contributed by atoms with van der Waals surface area (Å²) < 4.78 is 25.5. The van der Waals surface area contributed by atoms with Crippen LogP contribution in [0.3, 0.4) is 0 Å². The van der Waals surface area contributed by atoms with Gasteiger partial charge in [-0.1, -0.05) is 38.1 Å². The molecule has 2 N–H and O–H groups in total. The summed E-state index contributed by atoms with van der Waals surface area (Å²) in [5.74, 6) is -0.740. The number of amides is 2. The molecule has 1 aliphatic rings. The van der Waals surface area contributed by atoms with Crippen LogP contribution in [0, 0.1) is 0 Å². The van der Waals surface area contributed by atoms with Crippen molar-refractivity contribution in [2.24, 2.45) is 0 Å². The third-order valence-electron chi connectivity index (χ3n) is 4.74. The number of benzene rings is 1. The molecular formula is C18H26ClN3O4S. The number of alkyl halides is 1. The number of nitrogens with zero attached hydrogens (tertiary/aromatic N) is 1. The van der Waals surface area contributed by atoms with Gasteiger partial charge in [-0.3, -0.25) is 9.59 Å². The quantitative estimate of drug-likeness (QED) is 0.657. The Morgan fingerprint density at radius 3 is 2.30 bits per heavy atom. The number of rotatable bonds is 7. The Hall–Kier alpha value is -1.64. The van der Waals surface area contributed by atoms with Gasteiger partial charge in [0.2, 0.25) is 21.8 Å². The summed E-state index contributed by atoms with van der Waals surface area (Å²) in [6.45, 7) is 4.57. The van der Waals surface area contributed by atoms with Crippen LogP contribution < -0.4 is 10.6 Å². The number of sulfonamides is 1. The molecule has 2 unspecified atom stereocenters. The van der Waals surface area contributed by atoms with Gasteiger partial charge in [-0.15, -0.1) is 11.6 Å². The minimum atomic E-state index is -3.61. The summed E-state index contributed by atoms with van der Waals surface area (Å²) in [5.41, 5.74) is 1.97. The lowest BCUT2D eigenvalue weighted by molar-refractivity contribution is -0.122. The van der Waals surface area contributed by atoms with Crippen molar-refractivity contribution in [3.63, 3.8) is 0 Å². The molecule has 0 radical (unpaired) electrons. The lowest BCUT2D eigenvalue weighted by atomic mass is 9.99. The third kappa shape index (κ3) is 5.21. The van der Waals surface area contributed by atoms with Crippen LogP contribution in [0.5, 0.6) is 0 Å². The van der Waals surface area contributed by atoms with E-state index in [9.17, 15) is 18.0 Å². The van der Waals surface area contributed by atoms with E-state index in [1.807, 2.05) is 24.3 Å². The Labute approximate surface area is 165 Å². The molecule has 9 heteroatoms. The highest BCUT2D eigenvalue weighted by molar-refractivity contribution is 7.90. The first-order valence-electron chi connectivity index (χ1n) is 8.84. The minimum absolute atomic E-state index is 0.0816. The molecule has 1 aromatic carbocycles. The topological polar surface area (TPSA) is 95.6 Å². The maximum Gasteiger partial charge on any atom is 0.239 e. The van der Waals surface area contributed by atoms with Crippen molar-refractivity contribution < 1.29 is 18.0 Å². The number of carbonyl (C=O) groups is 2. The van der Waals surface area contributed by atoms with Crippen LogP contribution in [0.15, 0.2) is 24.3 Å². The first-order chi connectivity index (χ1) is 12.7. The Morgan fingerprint density at radius 2 is 1.81 bits per heavy atom. The van der Waals surface area contributed by atoms with E-state index in [2.05, 4.69) is 24.5 Å². The zero-order valence-corrected chi connectivity index (χ0v) is 17.3. The number of carbonyl (C=O) groups excluding carboxylic acids is 2. The maximum absolute atomic E-state index is 12.4. The molecule has 1 aromatic rings. The summed E-state index contributed by atoms with van der Waals surface area (Å²) in [7, 11) is -2.15. The molecule has 0 aliphatic carbocycles. The van der Waals surface area contributed by atoms with Crippen LogP contribution >= 0.6 is 11.6 Å². The molecule has 0 aromatic heterocycles. The number of halogens is 1. The molecule has 1 aliphatic heterocycles. The van der Waals surface area contributed by atoms with Gasteiger partial charge in [0.25, 0.3) is 0 Å². The second-order valence-corrected chi connectivity index (χ2v) is 9.45. The van der Waals surface area contributed by atoms with Crippen molar-refractivity contribution in [2.75, 3.05) is 26.0 Å². The Bertz CT molecular complexity index is 780. The van der Waals surface area contributed by atoms with Crippen LogP contribution in [0.4, 0.5) is 0 Å². The fourth-order valence-corrected chi connectivity index (χ4v) is 4.60. The molecule has 1 saturated heterocycles. The van der Waals surface area contributed by atoms with Crippen LogP contribution in [-0.4, -0.2) is 55.8 Å². The van der Waals surface area contributed by atoms with Crippen molar-refractivity contribution in [3.8, 4) is 0 Å². The van der Waals surface area contributed by atoms with Crippen molar-refractivity contribution in [1.29, 1.82) is 0 Å². The van der Waals surface area contributed by atoms with Gasteiger partial charge < -0.3 is 10.6 Å². The zero-order valence-electron chi connectivity index (χ0n) is 15.7. The van der Waals surface area contributed by atoms with Crippen molar-refractivity contribution in [3.05, 3.63) is 35.4 Å². The van der Waals surface area contributed by atoms with Crippen LogP contribution in [0.25, 0.3) is 0 Å². The summed E-state index contributed by atoms with van der Waals surface area (Å²) in [4.78, 5) is 24.1. The third-order valence-corrected chi connectivity index (χ3v) is 7.20. The van der Waals surface area contributed by atoms with Gasteiger partial charge in [0.1, 0.15) is 5.88 Å². The smallest absolute Gasteiger partial charge is 0.239 e. The summed E-state index contributed by atoms with van der Waals surface area (Å²) in [6.07, 6.45) is 0.256. The molecule has 2 amide bonds. The largest absolute Gasteiger partial charge is 0.353 e. The van der Waals surface area contributed by atoms with Gasteiger partial charge in [0.05, 0.1) is 6.04 Å². The molecule has 1 heterocycles. The highest BCUT2D eigenvalue weighted by Gasteiger charge is 2.41. The Morgan fingerprint density at radius 1 is 1.22 bits per heavy atom. The molecule has 150 valence electrons. The van der Waals surface area contributed by atoms with Gasteiger partial charge in [-0.25, -0.2) is 12.7 Å². The van der Waals surface area contributed by atoms with Gasteiger partial charge in [0.15, 0.2) is 5.25 Å². The second kappa shape index (κ2) is 9.03. The van der Waals surface area contributed by atoms with Crippen LogP contribution in [0.2, 0.25) is 0 Å². The minimum Gasteiger partial charge on any atom is -0.353 e. The van der Waals surface area contributed by atoms with E-state index in [0.717, 1.165) is 11.1 Å². The average Bonchev–Trinajstić information content (AvgIpc) is 2.91. The van der Waals surface area contributed by atoms with E-state index in [4.69, 9.17) is 11.6 Å². The van der Waals surface area contributed by atoms with Crippen LogP contribution in [-0.2, 0) is 19.6 Å². The number of hydrogen-bond donors (Lipinski definition) is 2. The maximum atomic E-state index is 12.4. The average molecular weight is 416 g/mol. The van der Waals surface area contributed by atoms with E-state index in [0.29, 0.717) is 12.5 Å².